The number of carbonyl (C=O) groups is 1. The minimum Gasteiger partial charge on any atom is -0.465 e. The normalized spacial score (nSPS) is 16.9. The molecule has 1 aliphatic carbocycles. The van der Waals surface area contributed by atoms with Crippen molar-refractivity contribution in [2.45, 2.75) is 25.3 Å². The first kappa shape index (κ1) is 13.7. The fourth-order valence-electron chi connectivity index (χ4n) is 2.88. The molecule has 0 radical (unpaired) electrons. The Bertz CT molecular complexity index is 634. The molecule has 0 amide bonds. The summed E-state index contributed by atoms with van der Waals surface area (Å²) in [5.74, 6) is -0.298. The quantitative estimate of drug-likeness (QED) is 0.876. The van der Waals surface area contributed by atoms with Gasteiger partial charge in [0.2, 0.25) is 0 Å². The average Bonchev–Trinajstić information content (AvgIpc) is 2.55. The van der Waals surface area contributed by atoms with E-state index in [1.54, 1.807) is 12.1 Å². The molecule has 1 N–H and O–H groups in total. The first-order valence-corrected chi connectivity index (χ1v) is 7.28. The van der Waals surface area contributed by atoms with Crippen LogP contribution in [0.4, 0.5) is 5.69 Å². The summed E-state index contributed by atoms with van der Waals surface area (Å²) in [6.07, 6.45) is 3.30. The second-order valence-electron chi connectivity index (χ2n) is 5.42. The molecule has 108 valence electrons. The first-order valence-electron chi connectivity index (χ1n) is 7.28. The molecule has 3 heteroatoms. The molecule has 0 saturated carbocycles. The standard InChI is InChI=1S/C18H19NO2/c1-21-18(20)14-7-9-16(10-8-14)19-17-11-6-13-4-2-3-5-15(13)12-17/h2-5,7-10,17,19H,6,11-12H2,1H3. The van der Waals surface area contributed by atoms with Gasteiger partial charge in [-0.3, -0.25) is 0 Å². The van der Waals surface area contributed by atoms with E-state index in [1.165, 1.54) is 18.2 Å². The van der Waals surface area contributed by atoms with Gasteiger partial charge in [-0.2, -0.15) is 0 Å². The van der Waals surface area contributed by atoms with Crippen LogP contribution in [0.25, 0.3) is 0 Å². The van der Waals surface area contributed by atoms with Crippen LogP contribution in [-0.2, 0) is 17.6 Å². The Balaban J connectivity index is 1.66. The molecule has 0 bridgehead atoms. The van der Waals surface area contributed by atoms with Gasteiger partial charge < -0.3 is 10.1 Å². The molecule has 0 heterocycles. The summed E-state index contributed by atoms with van der Waals surface area (Å²) in [5, 5.41) is 3.55. The molecular weight excluding hydrogens is 262 g/mol. The summed E-state index contributed by atoms with van der Waals surface area (Å²) in [5.41, 5.74) is 4.54. The van der Waals surface area contributed by atoms with Crippen molar-refractivity contribution in [2.75, 3.05) is 12.4 Å². The molecule has 0 aromatic heterocycles. The van der Waals surface area contributed by atoms with E-state index in [0.29, 0.717) is 11.6 Å². The van der Waals surface area contributed by atoms with Gasteiger partial charge in [-0.05, 0) is 54.7 Å². The van der Waals surface area contributed by atoms with Crippen molar-refractivity contribution >= 4 is 11.7 Å². The summed E-state index contributed by atoms with van der Waals surface area (Å²) < 4.78 is 4.71. The van der Waals surface area contributed by atoms with Gasteiger partial charge in [0.05, 0.1) is 12.7 Å². The molecule has 0 aliphatic heterocycles. The molecule has 0 saturated heterocycles. The summed E-state index contributed by atoms with van der Waals surface area (Å²) in [6, 6.07) is 16.6. The predicted molar refractivity (Wildman–Crippen MR) is 83.7 cm³/mol. The number of anilines is 1. The summed E-state index contributed by atoms with van der Waals surface area (Å²) in [4.78, 5) is 11.4. The Morgan fingerprint density at radius 1 is 1.10 bits per heavy atom. The number of hydrogen-bond donors (Lipinski definition) is 1. The second-order valence-corrected chi connectivity index (χ2v) is 5.42. The number of rotatable bonds is 3. The number of hydrogen-bond acceptors (Lipinski definition) is 3. The minimum absolute atomic E-state index is 0.298. The highest BCUT2D eigenvalue weighted by Crippen LogP contribution is 2.23. The summed E-state index contributed by atoms with van der Waals surface area (Å²) >= 11 is 0. The van der Waals surface area contributed by atoms with Crippen molar-refractivity contribution < 1.29 is 9.53 Å². The van der Waals surface area contributed by atoms with Crippen molar-refractivity contribution in [3.05, 3.63) is 65.2 Å². The zero-order chi connectivity index (χ0) is 14.7. The zero-order valence-electron chi connectivity index (χ0n) is 12.1. The number of benzene rings is 2. The molecule has 2 aromatic carbocycles. The molecule has 3 rings (SSSR count). The van der Waals surface area contributed by atoms with Crippen molar-refractivity contribution in [3.8, 4) is 0 Å². The third-order valence-corrected chi connectivity index (χ3v) is 4.02. The van der Waals surface area contributed by atoms with Gasteiger partial charge in [-0.15, -0.1) is 0 Å². The maximum absolute atomic E-state index is 11.4. The molecule has 2 aromatic rings. The molecule has 1 unspecified atom stereocenters. The lowest BCUT2D eigenvalue weighted by molar-refractivity contribution is 0.0601. The largest absolute Gasteiger partial charge is 0.465 e. The second kappa shape index (κ2) is 6.00. The SMILES string of the molecule is COC(=O)c1ccc(NC2CCc3ccccc3C2)cc1. The number of carbonyl (C=O) groups excluding carboxylic acids is 1. The van der Waals surface area contributed by atoms with Gasteiger partial charge >= 0.3 is 5.97 Å². The minimum atomic E-state index is -0.298. The number of methoxy groups -OCH3 is 1. The number of aryl methyl sites for hydroxylation is 1. The molecule has 1 atom stereocenters. The van der Waals surface area contributed by atoms with Crippen LogP contribution in [0.1, 0.15) is 27.9 Å². The third-order valence-electron chi connectivity index (χ3n) is 4.02. The van der Waals surface area contributed by atoms with E-state index in [9.17, 15) is 4.79 Å². The van der Waals surface area contributed by atoms with Crippen LogP contribution < -0.4 is 5.32 Å². The predicted octanol–water partition coefficient (Wildman–Crippen LogP) is 3.44. The fourth-order valence-corrected chi connectivity index (χ4v) is 2.88. The van der Waals surface area contributed by atoms with E-state index in [0.717, 1.165) is 24.9 Å². The smallest absolute Gasteiger partial charge is 0.337 e. The molecule has 3 nitrogen and oxygen atoms in total. The highest BCUT2D eigenvalue weighted by Gasteiger charge is 2.17. The van der Waals surface area contributed by atoms with Gasteiger partial charge in [0, 0.05) is 11.7 Å². The van der Waals surface area contributed by atoms with Crippen molar-refractivity contribution in [2.24, 2.45) is 0 Å². The number of ether oxygens (including phenoxy) is 1. The van der Waals surface area contributed by atoms with Crippen LogP contribution in [0.5, 0.6) is 0 Å². The lowest BCUT2D eigenvalue weighted by Crippen LogP contribution is -2.27. The van der Waals surface area contributed by atoms with E-state index >= 15 is 0 Å². The number of fused-ring (bicyclic) bond motifs is 1. The van der Waals surface area contributed by atoms with Gasteiger partial charge in [-0.1, -0.05) is 24.3 Å². The van der Waals surface area contributed by atoms with E-state index in [2.05, 4.69) is 29.6 Å². The monoisotopic (exact) mass is 281 g/mol. The Morgan fingerprint density at radius 3 is 2.52 bits per heavy atom. The van der Waals surface area contributed by atoms with Gasteiger partial charge in [0.25, 0.3) is 0 Å². The van der Waals surface area contributed by atoms with Crippen LogP contribution in [-0.4, -0.2) is 19.1 Å². The molecule has 21 heavy (non-hydrogen) atoms. The maximum atomic E-state index is 11.4. The van der Waals surface area contributed by atoms with E-state index in [1.807, 2.05) is 12.1 Å². The van der Waals surface area contributed by atoms with E-state index in [-0.39, 0.29) is 5.97 Å². The topological polar surface area (TPSA) is 38.3 Å². The molecule has 0 fully saturated rings. The molecular formula is C18H19NO2. The first-order chi connectivity index (χ1) is 10.3. The third kappa shape index (κ3) is 3.07. The Kier molecular flexibility index (Phi) is 3.91. The van der Waals surface area contributed by atoms with Crippen molar-refractivity contribution in [1.82, 2.24) is 0 Å². The summed E-state index contributed by atoms with van der Waals surface area (Å²) in [7, 11) is 1.40. The Hall–Kier alpha value is -2.29. The lowest BCUT2D eigenvalue weighted by Gasteiger charge is -2.26. The highest BCUT2D eigenvalue weighted by atomic mass is 16.5. The fraction of sp³-hybridized carbons (Fsp3) is 0.278. The number of esters is 1. The van der Waals surface area contributed by atoms with Crippen molar-refractivity contribution in [1.29, 1.82) is 0 Å². The Labute approximate surface area is 124 Å². The van der Waals surface area contributed by atoms with Crippen LogP contribution in [0.15, 0.2) is 48.5 Å². The van der Waals surface area contributed by atoms with Gasteiger partial charge in [-0.25, -0.2) is 4.79 Å². The van der Waals surface area contributed by atoms with E-state index in [4.69, 9.17) is 4.74 Å². The average molecular weight is 281 g/mol. The Morgan fingerprint density at radius 2 is 1.81 bits per heavy atom. The van der Waals surface area contributed by atoms with Crippen molar-refractivity contribution in [3.63, 3.8) is 0 Å². The lowest BCUT2D eigenvalue weighted by atomic mass is 9.88. The van der Waals surface area contributed by atoms with Crippen LogP contribution in [0.3, 0.4) is 0 Å². The molecule has 0 spiro atoms. The van der Waals surface area contributed by atoms with E-state index < -0.39 is 0 Å². The van der Waals surface area contributed by atoms with Crippen LogP contribution in [0.2, 0.25) is 0 Å². The maximum Gasteiger partial charge on any atom is 0.337 e. The van der Waals surface area contributed by atoms with Gasteiger partial charge in [0.1, 0.15) is 0 Å². The van der Waals surface area contributed by atoms with Gasteiger partial charge in [0.15, 0.2) is 0 Å². The zero-order valence-corrected chi connectivity index (χ0v) is 12.1. The van der Waals surface area contributed by atoms with Crippen LogP contribution >= 0.6 is 0 Å². The summed E-state index contributed by atoms with van der Waals surface area (Å²) in [6.45, 7) is 0. The van der Waals surface area contributed by atoms with Crippen LogP contribution in [0, 0.1) is 0 Å². The molecule has 1 aliphatic rings. The highest BCUT2D eigenvalue weighted by molar-refractivity contribution is 5.89. The number of nitrogens with one attached hydrogen (secondary N) is 1.